The number of hydrogen-bond acceptors (Lipinski definition) is 7. The summed E-state index contributed by atoms with van der Waals surface area (Å²) in [4.78, 5) is 0.125. The van der Waals surface area contributed by atoms with Crippen LogP contribution in [0.15, 0.2) is 84.3 Å². The monoisotopic (exact) mass is 558 g/mol. The molecule has 2 N–H and O–H groups in total. The molecule has 1 aliphatic rings. The molecule has 2 aromatic rings. The van der Waals surface area contributed by atoms with Crippen molar-refractivity contribution in [1.29, 1.82) is 0 Å². The second kappa shape index (κ2) is 14.8. The maximum absolute atomic E-state index is 14.0. The van der Waals surface area contributed by atoms with E-state index in [9.17, 15) is 18.6 Å². The Kier molecular flexibility index (Phi) is 11.8. The first-order valence-corrected chi connectivity index (χ1v) is 14.9. The third kappa shape index (κ3) is 8.50. The van der Waals surface area contributed by atoms with Crippen molar-refractivity contribution in [2.75, 3.05) is 20.3 Å². The van der Waals surface area contributed by atoms with E-state index in [1.165, 1.54) is 12.1 Å². The van der Waals surface area contributed by atoms with Gasteiger partial charge < -0.3 is 24.4 Å². The Morgan fingerprint density at radius 1 is 1.15 bits per heavy atom. The zero-order chi connectivity index (χ0) is 28.3. The summed E-state index contributed by atoms with van der Waals surface area (Å²) in [5.74, 6) is 0.640. The number of ether oxygens (including phenoxy) is 3. The van der Waals surface area contributed by atoms with Crippen molar-refractivity contribution in [2.45, 2.75) is 73.6 Å². The lowest BCUT2D eigenvalue weighted by Gasteiger charge is -2.37. The highest BCUT2D eigenvalue weighted by Crippen LogP contribution is 2.38. The summed E-state index contributed by atoms with van der Waals surface area (Å²) in [7, 11) is -2.40. The number of methoxy groups -OCH3 is 1. The van der Waals surface area contributed by atoms with Crippen LogP contribution in [0.5, 0.6) is 5.75 Å². The molecule has 214 valence electrons. The van der Waals surface area contributed by atoms with Gasteiger partial charge in [0.15, 0.2) is 9.84 Å². The summed E-state index contributed by atoms with van der Waals surface area (Å²) in [6.07, 6.45) is 6.89. The van der Waals surface area contributed by atoms with Gasteiger partial charge in [-0.1, -0.05) is 55.5 Å². The van der Waals surface area contributed by atoms with E-state index < -0.39 is 27.3 Å². The molecule has 0 aromatic heterocycles. The summed E-state index contributed by atoms with van der Waals surface area (Å²) < 4.78 is 43.4. The fourth-order valence-electron chi connectivity index (χ4n) is 5.24. The zero-order valence-electron chi connectivity index (χ0n) is 22.9. The van der Waals surface area contributed by atoms with Crippen LogP contribution in [-0.2, 0) is 25.9 Å². The number of hydrogen-bond donors (Lipinski definition) is 2. The normalized spacial score (nSPS) is 20.6. The summed E-state index contributed by atoms with van der Waals surface area (Å²) in [6, 6.07) is 15.5. The van der Waals surface area contributed by atoms with Gasteiger partial charge in [-0.15, -0.1) is 6.58 Å². The van der Waals surface area contributed by atoms with E-state index >= 15 is 0 Å². The summed E-state index contributed by atoms with van der Waals surface area (Å²) >= 11 is 0. The summed E-state index contributed by atoms with van der Waals surface area (Å²) in [6.45, 7) is 5.33. The summed E-state index contributed by atoms with van der Waals surface area (Å²) in [5.41, 5.74) is 0.901. The highest BCUT2D eigenvalue weighted by molar-refractivity contribution is 7.92. The number of aliphatic hydroxyl groups is 2. The first kappa shape index (κ1) is 31.0. The average molecular weight is 559 g/mol. The molecule has 1 aliphatic heterocycles. The van der Waals surface area contributed by atoms with Gasteiger partial charge in [-0.05, 0) is 67.9 Å². The maximum atomic E-state index is 14.0. The van der Waals surface area contributed by atoms with E-state index in [0.29, 0.717) is 12.8 Å². The number of sulfone groups is 1. The molecule has 3 rings (SSSR count). The number of aliphatic hydroxyl groups excluding tert-OH is 2. The van der Waals surface area contributed by atoms with Gasteiger partial charge in [0.25, 0.3) is 0 Å². The van der Waals surface area contributed by atoms with E-state index in [4.69, 9.17) is 14.2 Å². The Balaban J connectivity index is 1.73. The largest absolute Gasteiger partial charge is 0.497 e. The standard InChI is InChI=1S/C31H42O7S/c1-4-9-28-10-8-11-29(38-28)18-24(2)19-31(23-32,39(34,35)30-12-6-5-7-13-30)20-26(33)22-37-21-25-14-16-27(36-3)17-15-25/h4-8,10,12-17,24,26,28-29,32-33H,1,9,11,18-23H2,2-3H3/t24-,26+,28-,29+,31+/m1/s1. The van der Waals surface area contributed by atoms with E-state index in [2.05, 4.69) is 12.7 Å². The molecule has 0 fully saturated rings. The molecule has 2 aromatic carbocycles. The van der Waals surface area contributed by atoms with Crippen molar-refractivity contribution in [2.24, 2.45) is 5.92 Å². The van der Waals surface area contributed by atoms with E-state index in [1.807, 2.05) is 43.3 Å². The van der Waals surface area contributed by atoms with Gasteiger partial charge in [0.05, 0.1) is 50.1 Å². The van der Waals surface area contributed by atoms with Crippen molar-refractivity contribution >= 4 is 9.84 Å². The zero-order valence-corrected chi connectivity index (χ0v) is 23.8. The van der Waals surface area contributed by atoms with Crippen molar-refractivity contribution < 1.29 is 32.8 Å². The van der Waals surface area contributed by atoms with Crippen molar-refractivity contribution in [3.05, 3.63) is 85.0 Å². The quantitative estimate of drug-likeness (QED) is 0.283. The minimum atomic E-state index is -4.00. The van der Waals surface area contributed by atoms with Crippen LogP contribution in [0, 0.1) is 5.92 Å². The van der Waals surface area contributed by atoms with Crippen LogP contribution in [0.3, 0.4) is 0 Å². The highest BCUT2D eigenvalue weighted by atomic mass is 32.2. The molecule has 0 saturated heterocycles. The van der Waals surface area contributed by atoms with Crippen molar-refractivity contribution in [3.8, 4) is 5.75 Å². The molecule has 1 heterocycles. The van der Waals surface area contributed by atoms with Gasteiger partial charge in [0, 0.05) is 0 Å². The van der Waals surface area contributed by atoms with Crippen LogP contribution in [0.4, 0.5) is 0 Å². The second-order valence-corrected chi connectivity index (χ2v) is 12.8. The maximum Gasteiger partial charge on any atom is 0.186 e. The fourth-order valence-corrected chi connectivity index (χ4v) is 7.34. The van der Waals surface area contributed by atoms with Crippen LogP contribution in [0.1, 0.15) is 44.6 Å². The Morgan fingerprint density at radius 3 is 2.51 bits per heavy atom. The molecule has 39 heavy (non-hydrogen) atoms. The van der Waals surface area contributed by atoms with E-state index in [-0.39, 0.29) is 49.1 Å². The van der Waals surface area contributed by atoms with Crippen molar-refractivity contribution in [3.63, 3.8) is 0 Å². The molecular formula is C31H42O7S. The van der Waals surface area contributed by atoms with Crippen LogP contribution in [-0.4, -0.2) is 62.0 Å². The van der Waals surface area contributed by atoms with Crippen LogP contribution in [0.25, 0.3) is 0 Å². The Labute approximate surface area is 233 Å². The Hall–Kier alpha value is -2.49. The second-order valence-electron chi connectivity index (χ2n) is 10.4. The van der Waals surface area contributed by atoms with E-state index in [0.717, 1.165) is 17.7 Å². The topological polar surface area (TPSA) is 102 Å². The van der Waals surface area contributed by atoms with Gasteiger partial charge in [-0.25, -0.2) is 8.42 Å². The molecule has 0 aliphatic carbocycles. The molecule has 7 nitrogen and oxygen atoms in total. The lowest BCUT2D eigenvalue weighted by molar-refractivity contribution is -0.00890. The molecule has 8 heteroatoms. The van der Waals surface area contributed by atoms with Gasteiger partial charge >= 0.3 is 0 Å². The molecule has 0 spiro atoms. The number of rotatable bonds is 16. The van der Waals surface area contributed by atoms with Gasteiger partial charge in [-0.2, -0.15) is 0 Å². The lowest BCUT2D eigenvalue weighted by Crippen LogP contribution is -2.47. The smallest absolute Gasteiger partial charge is 0.186 e. The molecule has 5 atom stereocenters. The van der Waals surface area contributed by atoms with Gasteiger partial charge in [0.2, 0.25) is 0 Å². The molecule has 0 radical (unpaired) electrons. The van der Waals surface area contributed by atoms with Crippen LogP contribution < -0.4 is 4.74 Å². The predicted molar refractivity (Wildman–Crippen MR) is 152 cm³/mol. The SMILES string of the molecule is C=CC[C@@H]1C=CC[C@@H](C[C@@H](C)C[C@@](CO)(C[C@H](O)COCc2ccc(OC)cc2)S(=O)(=O)c2ccccc2)O1. The molecule has 0 amide bonds. The molecule has 0 unspecified atom stereocenters. The third-order valence-corrected chi connectivity index (χ3v) is 9.65. The van der Waals surface area contributed by atoms with Gasteiger partial charge in [-0.3, -0.25) is 0 Å². The average Bonchev–Trinajstić information content (AvgIpc) is 2.93. The van der Waals surface area contributed by atoms with Gasteiger partial charge in [0.1, 0.15) is 10.5 Å². The van der Waals surface area contributed by atoms with Crippen LogP contribution in [0.2, 0.25) is 0 Å². The summed E-state index contributed by atoms with van der Waals surface area (Å²) in [5, 5.41) is 21.6. The lowest BCUT2D eigenvalue weighted by atomic mass is 9.87. The Morgan fingerprint density at radius 2 is 1.87 bits per heavy atom. The first-order chi connectivity index (χ1) is 18.7. The Bertz CT molecular complexity index is 1150. The minimum Gasteiger partial charge on any atom is -0.497 e. The minimum absolute atomic E-state index is 0.0335. The van der Waals surface area contributed by atoms with E-state index in [1.54, 1.807) is 25.3 Å². The highest BCUT2D eigenvalue weighted by Gasteiger charge is 2.46. The van der Waals surface area contributed by atoms with Crippen molar-refractivity contribution in [1.82, 2.24) is 0 Å². The predicted octanol–water partition coefficient (Wildman–Crippen LogP) is 4.87. The molecular weight excluding hydrogens is 516 g/mol. The molecule has 0 bridgehead atoms. The number of benzene rings is 2. The third-order valence-electron chi connectivity index (χ3n) is 7.16. The fraction of sp³-hybridized carbons (Fsp3) is 0.484. The molecule has 0 saturated carbocycles. The first-order valence-electron chi connectivity index (χ1n) is 13.4. The van der Waals surface area contributed by atoms with Crippen LogP contribution >= 0.6 is 0 Å².